The van der Waals surface area contributed by atoms with Crippen molar-refractivity contribution in [1.29, 1.82) is 0 Å². The van der Waals surface area contributed by atoms with Crippen LogP contribution in [0.5, 0.6) is 5.75 Å². The van der Waals surface area contributed by atoms with Crippen molar-refractivity contribution in [1.82, 2.24) is 0 Å². The molecule has 22 heavy (non-hydrogen) atoms. The van der Waals surface area contributed by atoms with E-state index in [2.05, 4.69) is 10.1 Å². The van der Waals surface area contributed by atoms with Crippen molar-refractivity contribution in [2.75, 3.05) is 11.9 Å². The Labute approximate surface area is 133 Å². The van der Waals surface area contributed by atoms with E-state index in [0.29, 0.717) is 17.7 Å². The van der Waals surface area contributed by atoms with Gasteiger partial charge in [0.05, 0.1) is 6.04 Å². The molecule has 0 bridgehead atoms. The minimum atomic E-state index is -4.38. The molecule has 126 valence electrons. The van der Waals surface area contributed by atoms with Crippen molar-refractivity contribution in [2.24, 2.45) is 5.73 Å². The number of hydrogen-bond donors (Lipinski definition) is 2. The van der Waals surface area contributed by atoms with E-state index >= 15 is 0 Å². The predicted molar refractivity (Wildman–Crippen MR) is 81.5 cm³/mol. The van der Waals surface area contributed by atoms with Gasteiger partial charge in [-0.15, -0.1) is 12.4 Å². The Bertz CT molecular complexity index is 495. The third kappa shape index (κ3) is 7.00. The fourth-order valence-corrected chi connectivity index (χ4v) is 1.73. The summed E-state index contributed by atoms with van der Waals surface area (Å²) in [6.07, 6.45) is -3.03. The molecule has 0 spiro atoms. The Morgan fingerprint density at radius 2 is 2.05 bits per heavy atom. The van der Waals surface area contributed by atoms with Crippen molar-refractivity contribution in [3.63, 3.8) is 0 Å². The summed E-state index contributed by atoms with van der Waals surface area (Å²) in [5, 5.41) is 2.63. The smallest absolute Gasteiger partial charge is 0.422 e. The van der Waals surface area contributed by atoms with E-state index in [-0.39, 0.29) is 24.1 Å². The van der Waals surface area contributed by atoms with Gasteiger partial charge in [-0.1, -0.05) is 13.3 Å². The number of ether oxygens (including phenoxy) is 1. The number of nitrogens with two attached hydrogens (primary N) is 1. The second kappa shape index (κ2) is 8.85. The number of aryl methyl sites for hydroxylation is 1. The summed E-state index contributed by atoms with van der Waals surface area (Å²) >= 11 is 0. The fourth-order valence-electron chi connectivity index (χ4n) is 1.73. The van der Waals surface area contributed by atoms with Gasteiger partial charge in [-0.05, 0) is 37.1 Å². The number of rotatable bonds is 6. The molecule has 4 nitrogen and oxygen atoms in total. The molecule has 1 amide bonds. The highest BCUT2D eigenvalue weighted by molar-refractivity contribution is 5.94. The van der Waals surface area contributed by atoms with E-state index in [1.807, 2.05) is 6.92 Å². The fraction of sp³-hybridized carbons (Fsp3) is 0.500. The first-order valence-corrected chi connectivity index (χ1v) is 6.59. The zero-order valence-electron chi connectivity index (χ0n) is 12.4. The molecule has 0 aliphatic rings. The Morgan fingerprint density at radius 3 is 2.55 bits per heavy atom. The maximum atomic E-state index is 12.1. The first-order chi connectivity index (χ1) is 9.73. The van der Waals surface area contributed by atoms with Crippen LogP contribution in [-0.2, 0) is 4.79 Å². The van der Waals surface area contributed by atoms with E-state index in [9.17, 15) is 18.0 Å². The molecule has 0 saturated carbocycles. The molecule has 8 heteroatoms. The number of hydrogen-bond acceptors (Lipinski definition) is 3. The zero-order valence-corrected chi connectivity index (χ0v) is 13.2. The summed E-state index contributed by atoms with van der Waals surface area (Å²) in [5.74, 6) is -0.191. The lowest BCUT2D eigenvalue weighted by atomic mass is 10.1. The number of halogens is 4. The summed E-state index contributed by atoms with van der Waals surface area (Å²) in [7, 11) is 0. The molecule has 1 atom stereocenters. The summed E-state index contributed by atoms with van der Waals surface area (Å²) in [5.41, 5.74) is 6.65. The van der Waals surface area contributed by atoms with Gasteiger partial charge in [0, 0.05) is 5.69 Å². The third-order valence-electron chi connectivity index (χ3n) is 2.77. The van der Waals surface area contributed by atoms with Crippen LogP contribution in [0.1, 0.15) is 25.3 Å². The summed E-state index contributed by atoms with van der Waals surface area (Å²) in [6, 6.07) is 3.82. The van der Waals surface area contributed by atoms with Crippen LogP contribution >= 0.6 is 12.4 Å². The number of nitrogens with one attached hydrogen (secondary N) is 1. The Balaban J connectivity index is 0.00000441. The van der Waals surface area contributed by atoms with E-state index < -0.39 is 18.8 Å². The number of carbonyl (C=O) groups excluding carboxylic acids is 1. The molecule has 0 aliphatic heterocycles. The Kier molecular flexibility index (Phi) is 8.26. The molecule has 3 N–H and O–H groups in total. The van der Waals surface area contributed by atoms with E-state index in [1.54, 1.807) is 13.0 Å². The van der Waals surface area contributed by atoms with Gasteiger partial charge in [-0.25, -0.2) is 0 Å². The maximum Gasteiger partial charge on any atom is 0.422 e. The first kappa shape index (κ1) is 20.5. The minimum Gasteiger partial charge on any atom is -0.484 e. The van der Waals surface area contributed by atoms with Crippen LogP contribution < -0.4 is 15.8 Å². The van der Waals surface area contributed by atoms with E-state index in [0.717, 1.165) is 6.42 Å². The van der Waals surface area contributed by atoms with Gasteiger partial charge in [0.15, 0.2) is 6.61 Å². The van der Waals surface area contributed by atoms with E-state index in [4.69, 9.17) is 5.73 Å². The van der Waals surface area contributed by atoms with Gasteiger partial charge in [-0.3, -0.25) is 4.79 Å². The van der Waals surface area contributed by atoms with Crippen LogP contribution in [0.25, 0.3) is 0 Å². The van der Waals surface area contributed by atoms with Crippen molar-refractivity contribution >= 4 is 24.0 Å². The number of benzene rings is 1. The van der Waals surface area contributed by atoms with Crippen molar-refractivity contribution < 1.29 is 22.7 Å². The molecular weight excluding hydrogens is 321 g/mol. The second-order valence-corrected chi connectivity index (χ2v) is 4.77. The van der Waals surface area contributed by atoms with Gasteiger partial charge < -0.3 is 15.8 Å². The van der Waals surface area contributed by atoms with Gasteiger partial charge in [0.1, 0.15) is 5.75 Å². The summed E-state index contributed by atoms with van der Waals surface area (Å²) in [6.45, 7) is 2.18. The summed E-state index contributed by atoms with van der Waals surface area (Å²) in [4.78, 5) is 11.7. The Morgan fingerprint density at radius 1 is 1.41 bits per heavy atom. The SMILES string of the molecule is CCCC(N)C(=O)Nc1ccc(OCC(F)(F)F)c(C)c1.Cl. The van der Waals surface area contributed by atoms with Crippen LogP contribution in [0.3, 0.4) is 0 Å². The lowest BCUT2D eigenvalue weighted by Gasteiger charge is -2.14. The highest BCUT2D eigenvalue weighted by Crippen LogP contribution is 2.24. The molecular formula is C14H20ClF3N2O2. The van der Waals surface area contributed by atoms with Gasteiger partial charge in [0.2, 0.25) is 5.91 Å². The molecule has 1 aromatic rings. The second-order valence-electron chi connectivity index (χ2n) is 4.77. The molecule has 0 aromatic heterocycles. The van der Waals surface area contributed by atoms with Gasteiger partial charge in [0.25, 0.3) is 0 Å². The highest BCUT2D eigenvalue weighted by Gasteiger charge is 2.28. The van der Waals surface area contributed by atoms with Crippen LogP contribution in [0.4, 0.5) is 18.9 Å². The van der Waals surface area contributed by atoms with E-state index in [1.165, 1.54) is 12.1 Å². The zero-order chi connectivity index (χ0) is 16.0. The number of carbonyl (C=O) groups is 1. The topological polar surface area (TPSA) is 64.4 Å². The average Bonchev–Trinajstić information content (AvgIpc) is 2.36. The van der Waals surface area contributed by atoms with Crippen LogP contribution in [0.2, 0.25) is 0 Å². The summed E-state index contributed by atoms with van der Waals surface area (Å²) < 4.78 is 41.0. The van der Waals surface area contributed by atoms with Crippen LogP contribution in [0.15, 0.2) is 18.2 Å². The largest absolute Gasteiger partial charge is 0.484 e. The number of anilines is 1. The van der Waals surface area contributed by atoms with Crippen molar-refractivity contribution in [3.05, 3.63) is 23.8 Å². The quantitative estimate of drug-likeness (QED) is 0.834. The average molecular weight is 341 g/mol. The standard InChI is InChI=1S/C14H19F3N2O2.ClH/c1-3-4-11(18)13(20)19-10-5-6-12(9(2)7-10)21-8-14(15,16)17;/h5-7,11H,3-4,8,18H2,1-2H3,(H,19,20);1H. The van der Waals surface area contributed by atoms with Crippen molar-refractivity contribution in [2.45, 2.75) is 38.9 Å². The third-order valence-corrected chi connectivity index (χ3v) is 2.77. The normalized spacial score (nSPS) is 12.3. The molecule has 1 unspecified atom stereocenters. The molecule has 0 saturated heterocycles. The van der Waals surface area contributed by atoms with Crippen LogP contribution in [-0.4, -0.2) is 24.7 Å². The van der Waals surface area contributed by atoms with Crippen molar-refractivity contribution in [3.8, 4) is 5.75 Å². The Hall–Kier alpha value is -1.47. The minimum absolute atomic E-state index is 0. The lowest BCUT2D eigenvalue weighted by Crippen LogP contribution is -2.35. The maximum absolute atomic E-state index is 12.1. The highest BCUT2D eigenvalue weighted by atomic mass is 35.5. The molecule has 0 radical (unpaired) electrons. The molecule has 0 aliphatic carbocycles. The van der Waals surface area contributed by atoms with Gasteiger partial charge >= 0.3 is 6.18 Å². The van der Waals surface area contributed by atoms with Crippen LogP contribution in [0, 0.1) is 6.92 Å². The molecule has 1 rings (SSSR count). The predicted octanol–water partition coefficient (Wildman–Crippen LogP) is 3.42. The molecule has 0 heterocycles. The number of amides is 1. The molecule has 0 fully saturated rings. The monoisotopic (exact) mass is 340 g/mol. The number of alkyl halides is 3. The lowest BCUT2D eigenvalue weighted by molar-refractivity contribution is -0.153. The first-order valence-electron chi connectivity index (χ1n) is 6.59. The van der Waals surface area contributed by atoms with Gasteiger partial charge in [-0.2, -0.15) is 13.2 Å². The molecule has 1 aromatic carbocycles.